The Balaban J connectivity index is 1.60. The second-order valence-electron chi connectivity index (χ2n) is 7.75. The molecule has 0 fully saturated rings. The van der Waals surface area contributed by atoms with Crippen LogP contribution in [0.2, 0.25) is 0 Å². The number of ether oxygens (including phenoxy) is 1. The molecule has 0 atom stereocenters. The van der Waals surface area contributed by atoms with Crippen molar-refractivity contribution >= 4 is 33.1 Å². The molecule has 0 radical (unpaired) electrons. The summed E-state index contributed by atoms with van der Waals surface area (Å²) in [5, 5.41) is 5.36. The number of benzene rings is 2. The summed E-state index contributed by atoms with van der Waals surface area (Å²) in [5.74, 6) is 0.532. The van der Waals surface area contributed by atoms with Gasteiger partial charge in [0, 0.05) is 16.6 Å². The predicted molar refractivity (Wildman–Crippen MR) is 130 cm³/mol. The molecule has 0 aliphatic rings. The molecule has 0 bridgehead atoms. The van der Waals surface area contributed by atoms with Gasteiger partial charge in [0.05, 0.1) is 18.3 Å². The van der Waals surface area contributed by atoms with E-state index in [1.54, 1.807) is 0 Å². The molecule has 0 saturated heterocycles. The predicted octanol–water partition coefficient (Wildman–Crippen LogP) is 5.17. The minimum Gasteiger partial charge on any atom is -0.494 e. The van der Waals surface area contributed by atoms with Crippen LogP contribution in [0.4, 0.5) is 5.69 Å². The average molecular weight is 448 g/mol. The van der Waals surface area contributed by atoms with Crippen molar-refractivity contribution in [2.24, 2.45) is 0 Å². The molecular formula is C25H25N3O3S. The Kier molecular flexibility index (Phi) is 6.37. The van der Waals surface area contributed by atoms with E-state index in [0.717, 1.165) is 40.1 Å². The van der Waals surface area contributed by atoms with E-state index in [-0.39, 0.29) is 18.0 Å². The second-order valence-corrected chi connectivity index (χ2v) is 8.60. The number of carbonyl (C=O) groups excluding carboxylic acids is 1. The SMILES string of the molecule is CCCOc1ccc(-c2csc3ncn(CC(=O)Nc4cc(C)ccc4C)c(=O)c23)cc1. The largest absolute Gasteiger partial charge is 0.494 e. The van der Waals surface area contributed by atoms with Crippen molar-refractivity contribution in [1.29, 1.82) is 0 Å². The first-order valence-electron chi connectivity index (χ1n) is 10.5. The van der Waals surface area contributed by atoms with E-state index in [2.05, 4.69) is 17.2 Å². The Morgan fingerprint density at radius 2 is 1.94 bits per heavy atom. The Labute approximate surface area is 190 Å². The molecule has 0 saturated carbocycles. The van der Waals surface area contributed by atoms with E-state index >= 15 is 0 Å². The first kappa shape index (κ1) is 21.8. The van der Waals surface area contributed by atoms with E-state index in [1.165, 1.54) is 22.2 Å². The number of nitrogens with one attached hydrogen (secondary N) is 1. The molecule has 164 valence electrons. The van der Waals surface area contributed by atoms with Crippen LogP contribution < -0.4 is 15.6 Å². The van der Waals surface area contributed by atoms with Crippen LogP contribution in [0.15, 0.2) is 59.0 Å². The van der Waals surface area contributed by atoms with Gasteiger partial charge in [-0.3, -0.25) is 14.2 Å². The Hall–Kier alpha value is -3.45. The van der Waals surface area contributed by atoms with Crippen molar-refractivity contribution in [3.8, 4) is 16.9 Å². The van der Waals surface area contributed by atoms with Crippen LogP contribution in [0, 0.1) is 13.8 Å². The van der Waals surface area contributed by atoms with Gasteiger partial charge in [-0.2, -0.15) is 0 Å². The lowest BCUT2D eigenvalue weighted by atomic mass is 10.1. The van der Waals surface area contributed by atoms with Crippen molar-refractivity contribution in [2.45, 2.75) is 33.7 Å². The molecule has 0 spiro atoms. The third-order valence-electron chi connectivity index (χ3n) is 5.18. The van der Waals surface area contributed by atoms with Crippen molar-refractivity contribution < 1.29 is 9.53 Å². The van der Waals surface area contributed by atoms with Crippen LogP contribution >= 0.6 is 11.3 Å². The topological polar surface area (TPSA) is 73.2 Å². The third kappa shape index (κ3) is 4.57. The normalized spacial score (nSPS) is 11.0. The summed E-state index contributed by atoms with van der Waals surface area (Å²) in [6, 6.07) is 13.6. The molecule has 7 heteroatoms. The van der Waals surface area contributed by atoms with Gasteiger partial charge in [-0.05, 0) is 55.2 Å². The lowest BCUT2D eigenvalue weighted by Crippen LogP contribution is -2.28. The number of fused-ring (bicyclic) bond motifs is 1. The highest BCUT2D eigenvalue weighted by atomic mass is 32.1. The highest BCUT2D eigenvalue weighted by Gasteiger charge is 2.15. The van der Waals surface area contributed by atoms with Gasteiger partial charge < -0.3 is 10.1 Å². The summed E-state index contributed by atoms with van der Waals surface area (Å²) < 4.78 is 7.00. The van der Waals surface area contributed by atoms with Gasteiger partial charge in [0.2, 0.25) is 5.91 Å². The molecule has 4 rings (SSSR count). The maximum Gasteiger partial charge on any atom is 0.263 e. The highest BCUT2D eigenvalue weighted by molar-refractivity contribution is 7.17. The quantitative estimate of drug-likeness (QED) is 0.424. The molecule has 2 aromatic carbocycles. The molecule has 2 aromatic heterocycles. The van der Waals surface area contributed by atoms with E-state index in [1.807, 2.05) is 61.7 Å². The molecule has 32 heavy (non-hydrogen) atoms. The fraction of sp³-hybridized carbons (Fsp3) is 0.240. The lowest BCUT2D eigenvalue weighted by Gasteiger charge is -2.11. The fourth-order valence-electron chi connectivity index (χ4n) is 3.46. The molecule has 4 aromatic rings. The molecule has 0 aliphatic heterocycles. The van der Waals surface area contributed by atoms with E-state index in [9.17, 15) is 9.59 Å². The number of aromatic nitrogens is 2. The second kappa shape index (κ2) is 9.36. The molecule has 0 aliphatic carbocycles. The highest BCUT2D eigenvalue weighted by Crippen LogP contribution is 2.31. The Bertz CT molecular complexity index is 1320. The van der Waals surface area contributed by atoms with Crippen LogP contribution in [0.3, 0.4) is 0 Å². The van der Waals surface area contributed by atoms with E-state index in [4.69, 9.17) is 4.74 Å². The number of hydrogen-bond acceptors (Lipinski definition) is 5. The zero-order chi connectivity index (χ0) is 22.7. The Morgan fingerprint density at radius 1 is 1.16 bits per heavy atom. The van der Waals surface area contributed by atoms with Crippen molar-refractivity contribution in [3.05, 3.63) is 75.7 Å². The number of rotatable bonds is 7. The van der Waals surface area contributed by atoms with Gasteiger partial charge in [-0.1, -0.05) is 31.2 Å². The van der Waals surface area contributed by atoms with Crippen LogP contribution in [-0.2, 0) is 11.3 Å². The zero-order valence-electron chi connectivity index (χ0n) is 18.3. The molecule has 1 amide bonds. The summed E-state index contributed by atoms with van der Waals surface area (Å²) in [6.07, 6.45) is 2.38. The molecule has 1 N–H and O–H groups in total. The first-order chi connectivity index (χ1) is 15.5. The lowest BCUT2D eigenvalue weighted by molar-refractivity contribution is -0.116. The third-order valence-corrected chi connectivity index (χ3v) is 6.07. The van der Waals surface area contributed by atoms with Gasteiger partial charge in [0.25, 0.3) is 5.56 Å². The summed E-state index contributed by atoms with van der Waals surface area (Å²) in [7, 11) is 0. The number of aryl methyl sites for hydroxylation is 2. The number of hydrogen-bond donors (Lipinski definition) is 1. The van der Waals surface area contributed by atoms with Crippen molar-refractivity contribution in [2.75, 3.05) is 11.9 Å². The van der Waals surface area contributed by atoms with Crippen LogP contribution in [0.1, 0.15) is 24.5 Å². The average Bonchev–Trinajstić information content (AvgIpc) is 3.22. The zero-order valence-corrected chi connectivity index (χ0v) is 19.2. The minimum absolute atomic E-state index is 0.103. The summed E-state index contributed by atoms with van der Waals surface area (Å²) >= 11 is 1.42. The van der Waals surface area contributed by atoms with Gasteiger partial charge in [-0.25, -0.2) is 4.98 Å². The van der Waals surface area contributed by atoms with Crippen molar-refractivity contribution in [3.63, 3.8) is 0 Å². The van der Waals surface area contributed by atoms with Gasteiger partial charge in [0.1, 0.15) is 17.1 Å². The van der Waals surface area contributed by atoms with Crippen LogP contribution in [0.5, 0.6) is 5.75 Å². The minimum atomic E-state index is -0.267. The first-order valence-corrected chi connectivity index (χ1v) is 11.4. The van der Waals surface area contributed by atoms with Gasteiger partial charge in [0.15, 0.2) is 0 Å². The number of nitrogens with zero attached hydrogens (tertiary/aromatic N) is 2. The maximum atomic E-state index is 13.2. The smallest absolute Gasteiger partial charge is 0.263 e. The molecule has 0 unspecified atom stereocenters. The van der Waals surface area contributed by atoms with Crippen LogP contribution in [-0.4, -0.2) is 22.1 Å². The summed E-state index contributed by atoms with van der Waals surface area (Å²) in [6.45, 7) is 6.53. The molecular weight excluding hydrogens is 422 g/mol. The van der Waals surface area contributed by atoms with Crippen molar-refractivity contribution in [1.82, 2.24) is 9.55 Å². The number of thiophene rings is 1. The monoisotopic (exact) mass is 447 g/mol. The fourth-order valence-corrected chi connectivity index (χ4v) is 4.36. The van der Waals surface area contributed by atoms with E-state index < -0.39 is 0 Å². The standard InChI is InChI=1S/C25H25N3O3S/c1-4-11-31-19-9-7-18(8-10-19)20-14-32-24-23(20)25(30)28(15-26-24)13-22(29)27-21-12-16(2)5-6-17(21)3/h5-10,12,14-15H,4,11,13H2,1-3H3,(H,27,29). The number of carbonyl (C=O) groups is 1. The Morgan fingerprint density at radius 3 is 2.69 bits per heavy atom. The molecule has 6 nitrogen and oxygen atoms in total. The number of amides is 1. The van der Waals surface area contributed by atoms with Gasteiger partial charge in [-0.15, -0.1) is 11.3 Å². The van der Waals surface area contributed by atoms with Gasteiger partial charge >= 0.3 is 0 Å². The van der Waals surface area contributed by atoms with E-state index in [0.29, 0.717) is 16.8 Å². The number of anilines is 1. The summed E-state index contributed by atoms with van der Waals surface area (Å²) in [4.78, 5) is 30.9. The summed E-state index contributed by atoms with van der Waals surface area (Å²) in [5.41, 5.74) is 4.27. The molecule has 2 heterocycles. The maximum absolute atomic E-state index is 13.2. The van der Waals surface area contributed by atoms with Crippen LogP contribution in [0.25, 0.3) is 21.3 Å².